The minimum Gasteiger partial charge on any atom is -0.341 e. The van der Waals surface area contributed by atoms with E-state index in [-0.39, 0.29) is 5.91 Å². The van der Waals surface area contributed by atoms with E-state index in [1.54, 1.807) is 22.5 Å². The van der Waals surface area contributed by atoms with Gasteiger partial charge in [0.2, 0.25) is 12.3 Å². The number of para-hydroxylation sites is 1. The molecule has 4 rings (SSSR count). The fraction of sp³-hybridized carbons (Fsp3) is 0.370. The first-order chi connectivity index (χ1) is 17.0. The van der Waals surface area contributed by atoms with Crippen LogP contribution in [0.4, 0.5) is 0 Å². The summed E-state index contributed by atoms with van der Waals surface area (Å²) in [6, 6.07) is 14.7. The number of carbonyl (C=O) groups excluding carboxylic acids is 3. The number of fused-ring (bicyclic) bond motifs is 3. The van der Waals surface area contributed by atoms with Gasteiger partial charge in [-0.1, -0.05) is 43.7 Å². The van der Waals surface area contributed by atoms with Gasteiger partial charge in [0.15, 0.2) is 0 Å². The predicted octanol–water partition coefficient (Wildman–Crippen LogP) is 3.34. The standard InChI is InChI=1S/C27H32N4O4/c1-3-5-14-29(4-2)27(34)24-15-22-21-8-6-7-9-23(21)31(25(22)17-30(24)18-32)16-19-10-12-20(13-11-19)26(33)28-35/h6-13,18,24,35H,3-5,14-17H2,1-2H3,(H,28,33). The Kier molecular flexibility index (Phi) is 7.51. The molecule has 1 aliphatic heterocycles. The highest BCUT2D eigenvalue weighted by Gasteiger charge is 2.36. The molecule has 0 saturated carbocycles. The van der Waals surface area contributed by atoms with Gasteiger partial charge in [-0.15, -0.1) is 0 Å². The Bertz CT molecular complexity index is 1220. The van der Waals surface area contributed by atoms with E-state index in [9.17, 15) is 14.4 Å². The summed E-state index contributed by atoms with van der Waals surface area (Å²) in [5, 5.41) is 9.95. The summed E-state index contributed by atoms with van der Waals surface area (Å²) in [6.07, 6.45) is 3.23. The summed E-state index contributed by atoms with van der Waals surface area (Å²) in [5.41, 5.74) is 6.18. The highest BCUT2D eigenvalue weighted by molar-refractivity contribution is 5.93. The molecular formula is C27H32N4O4. The van der Waals surface area contributed by atoms with Gasteiger partial charge in [-0.3, -0.25) is 19.6 Å². The summed E-state index contributed by atoms with van der Waals surface area (Å²) < 4.78 is 2.19. The van der Waals surface area contributed by atoms with Gasteiger partial charge in [0.1, 0.15) is 6.04 Å². The molecule has 3 aromatic rings. The molecule has 3 amide bonds. The Morgan fingerprint density at radius 2 is 1.89 bits per heavy atom. The zero-order chi connectivity index (χ0) is 24.9. The Hall–Kier alpha value is -3.65. The van der Waals surface area contributed by atoms with Crippen molar-refractivity contribution in [2.45, 2.75) is 52.2 Å². The summed E-state index contributed by atoms with van der Waals surface area (Å²) in [5.74, 6) is -0.550. The molecule has 184 valence electrons. The first kappa shape index (κ1) is 24.5. The molecule has 2 aromatic carbocycles. The van der Waals surface area contributed by atoms with Gasteiger partial charge >= 0.3 is 0 Å². The van der Waals surface area contributed by atoms with Crippen LogP contribution in [0.1, 0.15) is 53.9 Å². The van der Waals surface area contributed by atoms with Gasteiger partial charge < -0.3 is 14.4 Å². The largest absolute Gasteiger partial charge is 0.341 e. The molecular weight excluding hydrogens is 444 g/mol. The third kappa shape index (κ3) is 4.79. The number of unbranched alkanes of at least 4 members (excludes halogenated alkanes) is 1. The van der Waals surface area contributed by atoms with Crippen LogP contribution in [-0.4, -0.2) is 56.9 Å². The van der Waals surface area contributed by atoms with E-state index in [1.807, 2.05) is 36.1 Å². The quantitative estimate of drug-likeness (QED) is 0.281. The van der Waals surface area contributed by atoms with Crippen molar-refractivity contribution in [3.63, 3.8) is 0 Å². The van der Waals surface area contributed by atoms with Crippen molar-refractivity contribution < 1.29 is 19.6 Å². The molecule has 0 bridgehead atoms. The van der Waals surface area contributed by atoms with Crippen LogP contribution in [0.15, 0.2) is 48.5 Å². The van der Waals surface area contributed by atoms with Crippen molar-refractivity contribution >= 4 is 29.1 Å². The molecule has 1 aromatic heterocycles. The number of carbonyl (C=O) groups is 3. The van der Waals surface area contributed by atoms with E-state index in [2.05, 4.69) is 23.6 Å². The zero-order valence-electron chi connectivity index (χ0n) is 20.2. The number of benzene rings is 2. The number of rotatable bonds is 9. The van der Waals surface area contributed by atoms with E-state index in [0.717, 1.165) is 47.0 Å². The number of likely N-dealkylation sites (N-methyl/N-ethyl adjacent to an activating group) is 1. The molecule has 8 heteroatoms. The lowest BCUT2D eigenvalue weighted by Gasteiger charge is -2.36. The minimum absolute atomic E-state index is 0.00767. The first-order valence-corrected chi connectivity index (χ1v) is 12.1. The molecule has 2 heterocycles. The summed E-state index contributed by atoms with van der Waals surface area (Å²) in [4.78, 5) is 40.7. The Balaban J connectivity index is 1.69. The van der Waals surface area contributed by atoms with Crippen molar-refractivity contribution in [2.24, 2.45) is 0 Å². The molecule has 1 atom stereocenters. The van der Waals surface area contributed by atoms with Crippen molar-refractivity contribution in [3.8, 4) is 0 Å². The molecule has 0 fully saturated rings. The SMILES string of the molecule is CCCCN(CC)C(=O)C1Cc2c(n(Cc3ccc(C(=O)NO)cc3)c3ccccc23)CN1C=O. The summed E-state index contributed by atoms with van der Waals surface area (Å²) >= 11 is 0. The smallest absolute Gasteiger partial charge is 0.274 e. The van der Waals surface area contributed by atoms with E-state index in [1.165, 1.54) is 0 Å². The number of amides is 3. The predicted molar refractivity (Wildman–Crippen MR) is 133 cm³/mol. The average molecular weight is 477 g/mol. The van der Waals surface area contributed by atoms with Gasteiger partial charge in [-0.05, 0) is 42.7 Å². The van der Waals surface area contributed by atoms with Crippen LogP contribution in [0.3, 0.4) is 0 Å². The van der Waals surface area contributed by atoms with Crippen LogP contribution in [0.2, 0.25) is 0 Å². The third-order valence-corrected chi connectivity index (χ3v) is 6.88. The second-order valence-electron chi connectivity index (χ2n) is 8.94. The lowest BCUT2D eigenvalue weighted by atomic mass is 9.96. The Morgan fingerprint density at radius 1 is 1.14 bits per heavy atom. The van der Waals surface area contributed by atoms with Crippen LogP contribution < -0.4 is 5.48 Å². The average Bonchev–Trinajstić information content (AvgIpc) is 3.20. The monoisotopic (exact) mass is 476 g/mol. The minimum atomic E-state index is -0.558. The fourth-order valence-electron chi connectivity index (χ4n) is 4.94. The highest BCUT2D eigenvalue weighted by Crippen LogP contribution is 2.34. The maximum atomic E-state index is 13.4. The van der Waals surface area contributed by atoms with Crippen LogP contribution in [0.25, 0.3) is 10.9 Å². The van der Waals surface area contributed by atoms with E-state index >= 15 is 0 Å². The Labute approximate surface area is 205 Å². The van der Waals surface area contributed by atoms with E-state index in [4.69, 9.17) is 5.21 Å². The van der Waals surface area contributed by atoms with Crippen LogP contribution in [-0.2, 0) is 29.1 Å². The number of aromatic nitrogens is 1. The molecule has 0 spiro atoms. The maximum Gasteiger partial charge on any atom is 0.274 e. The van der Waals surface area contributed by atoms with E-state index < -0.39 is 11.9 Å². The normalized spacial score (nSPS) is 15.1. The molecule has 0 radical (unpaired) electrons. The van der Waals surface area contributed by atoms with Crippen molar-refractivity contribution in [2.75, 3.05) is 13.1 Å². The number of nitrogens with one attached hydrogen (secondary N) is 1. The second-order valence-corrected chi connectivity index (χ2v) is 8.94. The molecule has 1 unspecified atom stereocenters. The molecule has 1 aliphatic rings. The van der Waals surface area contributed by atoms with Crippen molar-refractivity contribution in [1.82, 2.24) is 19.8 Å². The number of hydrogen-bond donors (Lipinski definition) is 2. The molecule has 35 heavy (non-hydrogen) atoms. The second kappa shape index (κ2) is 10.7. The van der Waals surface area contributed by atoms with Gasteiger partial charge in [0.05, 0.1) is 6.54 Å². The number of hydroxylamine groups is 1. The lowest BCUT2D eigenvalue weighted by molar-refractivity contribution is -0.141. The van der Waals surface area contributed by atoms with Crippen LogP contribution in [0, 0.1) is 0 Å². The first-order valence-electron chi connectivity index (χ1n) is 12.1. The third-order valence-electron chi connectivity index (χ3n) is 6.88. The fourth-order valence-corrected chi connectivity index (χ4v) is 4.94. The molecule has 0 aliphatic carbocycles. The summed E-state index contributed by atoms with van der Waals surface area (Å²) in [7, 11) is 0. The molecule has 8 nitrogen and oxygen atoms in total. The van der Waals surface area contributed by atoms with E-state index in [0.29, 0.717) is 38.2 Å². The Morgan fingerprint density at radius 3 is 2.54 bits per heavy atom. The van der Waals surface area contributed by atoms with Gasteiger partial charge in [0, 0.05) is 48.2 Å². The number of nitrogens with zero attached hydrogens (tertiary/aromatic N) is 3. The van der Waals surface area contributed by atoms with Gasteiger partial charge in [-0.25, -0.2) is 5.48 Å². The molecule has 0 saturated heterocycles. The van der Waals surface area contributed by atoms with Crippen molar-refractivity contribution in [1.29, 1.82) is 0 Å². The summed E-state index contributed by atoms with van der Waals surface area (Å²) in [6.45, 7) is 6.33. The van der Waals surface area contributed by atoms with Crippen molar-refractivity contribution in [3.05, 3.63) is 70.9 Å². The topological polar surface area (TPSA) is 94.9 Å². The zero-order valence-corrected chi connectivity index (χ0v) is 20.2. The molecule has 2 N–H and O–H groups in total. The van der Waals surface area contributed by atoms with Gasteiger partial charge in [0.25, 0.3) is 5.91 Å². The lowest BCUT2D eigenvalue weighted by Crippen LogP contribution is -2.51. The maximum absolute atomic E-state index is 13.4. The van der Waals surface area contributed by atoms with Crippen LogP contribution >= 0.6 is 0 Å². The van der Waals surface area contributed by atoms with Crippen LogP contribution in [0.5, 0.6) is 0 Å². The number of hydrogen-bond acceptors (Lipinski definition) is 4. The van der Waals surface area contributed by atoms with Gasteiger partial charge in [-0.2, -0.15) is 0 Å². The highest BCUT2D eigenvalue weighted by atomic mass is 16.5.